The summed E-state index contributed by atoms with van der Waals surface area (Å²) in [6, 6.07) is 18.6. The molecule has 0 spiro atoms. The number of amides is 1. The number of rotatable bonds is 3. The van der Waals surface area contributed by atoms with Gasteiger partial charge in [0.15, 0.2) is 0 Å². The third-order valence-electron chi connectivity index (χ3n) is 6.52. The molecular weight excluding hydrogens is 344 g/mol. The van der Waals surface area contributed by atoms with E-state index < -0.39 is 0 Å². The Kier molecular flexibility index (Phi) is 3.84. The summed E-state index contributed by atoms with van der Waals surface area (Å²) in [5, 5.41) is 4.25. The zero-order chi connectivity index (χ0) is 17.7. The predicted molar refractivity (Wildman–Crippen MR) is 103 cm³/mol. The van der Waals surface area contributed by atoms with Crippen molar-refractivity contribution in [1.82, 2.24) is 10.2 Å². The average molecular weight is 367 g/mol. The maximum absolute atomic E-state index is 13.7. The van der Waals surface area contributed by atoms with E-state index >= 15 is 0 Å². The van der Waals surface area contributed by atoms with E-state index in [4.69, 9.17) is 11.6 Å². The Bertz CT molecular complexity index is 816. The molecule has 1 aliphatic carbocycles. The maximum atomic E-state index is 13.7. The van der Waals surface area contributed by atoms with Crippen LogP contribution in [0.4, 0.5) is 0 Å². The molecule has 3 atom stereocenters. The van der Waals surface area contributed by atoms with Gasteiger partial charge < -0.3 is 10.2 Å². The van der Waals surface area contributed by atoms with E-state index in [0.29, 0.717) is 17.7 Å². The highest BCUT2D eigenvalue weighted by Crippen LogP contribution is 2.53. The normalized spacial score (nSPS) is 28.8. The fourth-order valence-electron chi connectivity index (χ4n) is 5.00. The highest BCUT2D eigenvalue weighted by Gasteiger charge is 2.57. The van der Waals surface area contributed by atoms with Crippen LogP contribution in [-0.2, 0) is 10.2 Å². The van der Waals surface area contributed by atoms with Crippen molar-refractivity contribution in [1.29, 1.82) is 0 Å². The van der Waals surface area contributed by atoms with Crippen molar-refractivity contribution < 1.29 is 4.79 Å². The van der Waals surface area contributed by atoms with Crippen molar-refractivity contribution in [2.45, 2.75) is 24.3 Å². The van der Waals surface area contributed by atoms with Gasteiger partial charge in [0, 0.05) is 30.6 Å². The molecule has 0 radical (unpaired) electrons. The first kappa shape index (κ1) is 16.3. The fraction of sp³-hybridized carbons (Fsp3) is 0.409. The van der Waals surface area contributed by atoms with Crippen LogP contribution in [0.1, 0.15) is 30.0 Å². The van der Waals surface area contributed by atoms with Crippen molar-refractivity contribution in [3.8, 4) is 0 Å². The summed E-state index contributed by atoms with van der Waals surface area (Å²) in [5.41, 5.74) is 2.06. The Morgan fingerprint density at radius 3 is 2.46 bits per heavy atom. The van der Waals surface area contributed by atoms with Crippen LogP contribution in [0.5, 0.6) is 0 Å². The molecule has 26 heavy (non-hydrogen) atoms. The Morgan fingerprint density at radius 1 is 1.04 bits per heavy atom. The van der Waals surface area contributed by atoms with Crippen LogP contribution >= 0.6 is 11.6 Å². The van der Waals surface area contributed by atoms with Crippen molar-refractivity contribution in [2.24, 2.45) is 11.8 Å². The van der Waals surface area contributed by atoms with Gasteiger partial charge in [0.05, 0.1) is 11.5 Å². The van der Waals surface area contributed by atoms with Gasteiger partial charge in [-0.25, -0.2) is 0 Å². The lowest BCUT2D eigenvalue weighted by Gasteiger charge is -2.32. The largest absolute Gasteiger partial charge is 0.334 e. The molecule has 2 aromatic carbocycles. The minimum absolute atomic E-state index is 0.188. The predicted octanol–water partition coefficient (Wildman–Crippen LogP) is 3.79. The molecule has 4 heteroatoms. The van der Waals surface area contributed by atoms with E-state index in [-0.39, 0.29) is 11.5 Å². The second kappa shape index (κ2) is 6.11. The summed E-state index contributed by atoms with van der Waals surface area (Å²) < 4.78 is 0. The molecule has 134 valence electrons. The molecule has 5 rings (SSSR count). The van der Waals surface area contributed by atoms with E-state index in [2.05, 4.69) is 34.5 Å². The van der Waals surface area contributed by atoms with E-state index in [1.807, 2.05) is 30.3 Å². The van der Waals surface area contributed by atoms with Gasteiger partial charge in [0.2, 0.25) is 5.91 Å². The van der Waals surface area contributed by atoms with Gasteiger partial charge in [-0.3, -0.25) is 4.79 Å². The van der Waals surface area contributed by atoms with Crippen LogP contribution in [0.3, 0.4) is 0 Å². The van der Waals surface area contributed by atoms with Gasteiger partial charge in [0.25, 0.3) is 0 Å². The maximum Gasteiger partial charge on any atom is 0.233 e. The van der Waals surface area contributed by atoms with Crippen LogP contribution in [0.25, 0.3) is 0 Å². The zero-order valence-corrected chi connectivity index (χ0v) is 15.5. The number of nitrogens with one attached hydrogen (secondary N) is 1. The molecule has 3 nitrogen and oxygen atoms in total. The molecule has 2 saturated heterocycles. The highest BCUT2D eigenvalue weighted by molar-refractivity contribution is 6.30. The number of carbonyl (C=O) groups excluding carboxylic acids is 1. The Balaban J connectivity index is 1.50. The Morgan fingerprint density at radius 2 is 1.77 bits per heavy atom. The monoisotopic (exact) mass is 366 g/mol. The van der Waals surface area contributed by atoms with E-state index in [9.17, 15) is 4.79 Å². The summed E-state index contributed by atoms with van der Waals surface area (Å²) in [7, 11) is 0. The highest BCUT2D eigenvalue weighted by atomic mass is 35.5. The van der Waals surface area contributed by atoms with Gasteiger partial charge >= 0.3 is 0 Å². The van der Waals surface area contributed by atoms with Crippen LogP contribution in [-0.4, -0.2) is 30.4 Å². The summed E-state index contributed by atoms with van der Waals surface area (Å²) in [5.74, 6) is 1.38. The number of fused-ring (bicyclic) bond motifs is 1. The van der Waals surface area contributed by atoms with E-state index in [0.717, 1.165) is 43.1 Å². The SMILES string of the molecule is O=C(N1C[C@@H]2CNC[C@@H]2[C@H]1c1ccccc1)C1(c2ccc(Cl)cc2)CC1. The standard InChI is InChI=1S/C22H23ClN2O/c23-18-8-6-17(7-9-18)22(10-11-22)21(26)25-14-16-12-24-13-19(16)20(25)15-4-2-1-3-5-15/h1-9,16,19-20,24H,10-14H2/t16-,19-,20+/m0/s1. The van der Waals surface area contributed by atoms with Gasteiger partial charge in [-0.2, -0.15) is 0 Å². The van der Waals surface area contributed by atoms with E-state index in [1.165, 1.54) is 5.56 Å². The number of hydrogen-bond donors (Lipinski definition) is 1. The molecule has 1 amide bonds. The minimum atomic E-state index is -0.330. The lowest BCUT2D eigenvalue weighted by molar-refractivity contribution is -0.135. The van der Waals surface area contributed by atoms with Crippen molar-refractivity contribution in [3.05, 3.63) is 70.7 Å². The molecular formula is C22H23ClN2O. The van der Waals surface area contributed by atoms with Gasteiger partial charge in [-0.05, 0) is 42.0 Å². The molecule has 0 unspecified atom stereocenters. The number of carbonyl (C=O) groups is 1. The second-order valence-electron chi connectivity index (χ2n) is 7.98. The van der Waals surface area contributed by atoms with Crippen LogP contribution in [0.2, 0.25) is 5.02 Å². The minimum Gasteiger partial charge on any atom is -0.334 e. The molecule has 3 fully saturated rings. The first-order valence-electron chi connectivity index (χ1n) is 9.52. The van der Waals surface area contributed by atoms with Crippen molar-refractivity contribution >= 4 is 17.5 Å². The topological polar surface area (TPSA) is 32.3 Å². The molecule has 1 saturated carbocycles. The Hall–Kier alpha value is -1.84. The van der Waals surface area contributed by atoms with Crippen LogP contribution < -0.4 is 5.32 Å². The average Bonchev–Trinajstić information content (AvgIpc) is 3.21. The van der Waals surface area contributed by atoms with Gasteiger partial charge in [-0.1, -0.05) is 54.1 Å². The third kappa shape index (κ3) is 2.49. The zero-order valence-electron chi connectivity index (χ0n) is 14.7. The lowest BCUT2D eigenvalue weighted by Crippen LogP contribution is -2.41. The van der Waals surface area contributed by atoms with Crippen LogP contribution in [0.15, 0.2) is 54.6 Å². The second-order valence-corrected chi connectivity index (χ2v) is 8.42. The summed E-state index contributed by atoms with van der Waals surface area (Å²) in [4.78, 5) is 15.9. The first-order chi connectivity index (χ1) is 12.7. The molecule has 0 aromatic heterocycles. The molecule has 3 aliphatic rings. The summed E-state index contributed by atoms with van der Waals surface area (Å²) >= 11 is 6.05. The van der Waals surface area contributed by atoms with Crippen molar-refractivity contribution in [3.63, 3.8) is 0 Å². The fourth-order valence-corrected chi connectivity index (χ4v) is 5.13. The van der Waals surface area contributed by atoms with Gasteiger partial charge in [-0.15, -0.1) is 0 Å². The van der Waals surface area contributed by atoms with Crippen LogP contribution in [0, 0.1) is 11.8 Å². The molecule has 2 aliphatic heterocycles. The molecule has 1 N–H and O–H groups in total. The number of likely N-dealkylation sites (tertiary alicyclic amines) is 1. The third-order valence-corrected chi connectivity index (χ3v) is 6.77. The molecule has 2 heterocycles. The quantitative estimate of drug-likeness (QED) is 0.896. The number of halogens is 1. The van der Waals surface area contributed by atoms with E-state index in [1.54, 1.807) is 0 Å². The number of nitrogens with zero attached hydrogens (tertiary/aromatic N) is 1. The summed E-state index contributed by atoms with van der Waals surface area (Å²) in [6.45, 7) is 2.89. The van der Waals surface area contributed by atoms with Crippen molar-refractivity contribution in [2.75, 3.05) is 19.6 Å². The first-order valence-corrected chi connectivity index (χ1v) is 9.90. The lowest BCUT2D eigenvalue weighted by atomic mass is 9.89. The smallest absolute Gasteiger partial charge is 0.233 e. The Labute approximate surface area is 159 Å². The summed E-state index contributed by atoms with van der Waals surface area (Å²) in [6.07, 6.45) is 1.89. The number of hydrogen-bond acceptors (Lipinski definition) is 2. The number of benzene rings is 2. The van der Waals surface area contributed by atoms with Gasteiger partial charge in [0.1, 0.15) is 0 Å². The molecule has 0 bridgehead atoms. The molecule has 2 aromatic rings.